The number of nitrogens with zero attached hydrogens (tertiary/aromatic N) is 2. The van der Waals surface area contributed by atoms with Gasteiger partial charge in [0, 0.05) is 29.5 Å². The van der Waals surface area contributed by atoms with Crippen LogP contribution in [0.15, 0.2) is 96.0 Å². The lowest BCUT2D eigenvalue weighted by Crippen LogP contribution is -2.44. The van der Waals surface area contributed by atoms with Gasteiger partial charge in [0.2, 0.25) is 0 Å². The van der Waals surface area contributed by atoms with Crippen LogP contribution in [0, 0.1) is 13.8 Å². The number of aromatic nitrogens is 1. The third-order valence-corrected chi connectivity index (χ3v) is 11.4. The number of ether oxygens (including phenoxy) is 4. The topological polar surface area (TPSA) is 229 Å². The number of rotatable bonds is 15. The Morgan fingerprint density at radius 3 is 2.02 bits per heavy atom. The van der Waals surface area contributed by atoms with Crippen LogP contribution in [0.1, 0.15) is 82.3 Å². The molecule has 5 aromatic rings. The smallest absolute Gasteiger partial charge is 0.425 e. The zero-order valence-corrected chi connectivity index (χ0v) is 39.1. The van der Waals surface area contributed by atoms with Crippen molar-refractivity contribution in [2.24, 2.45) is 0 Å². The molecule has 4 aromatic carbocycles. The summed E-state index contributed by atoms with van der Waals surface area (Å²) in [6.07, 6.45) is -1.32. The summed E-state index contributed by atoms with van der Waals surface area (Å²) < 4.78 is 48.0. The molecule has 5 rings (SSSR count). The Bertz CT molecular complexity index is 2680. The van der Waals surface area contributed by atoms with Gasteiger partial charge in [-0.2, -0.15) is 4.90 Å². The van der Waals surface area contributed by atoms with Crippen molar-refractivity contribution in [2.45, 2.75) is 97.6 Å². The monoisotopic (exact) mass is 925 g/mol. The molecular formula is C48H55N5O12S. The number of aliphatic carboxylic acids is 1. The van der Waals surface area contributed by atoms with Crippen LogP contribution in [-0.4, -0.2) is 72.2 Å². The lowest BCUT2D eigenvalue weighted by atomic mass is 9.99. The van der Waals surface area contributed by atoms with Gasteiger partial charge in [-0.05, 0) is 143 Å². The highest BCUT2D eigenvalue weighted by Gasteiger charge is 2.35. The molecule has 0 bridgehead atoms. The highest BCUT2D eigenvalue weighted by molar-refractivity contribution is 7.91. The summed E-state index contributed by atoms with van der Waals surface area (Å²) in [6.45, 7) is 14.3. The van der Waals surface area contributed by atoms with Crippen molar-refractivity contribution < 1.29 is 56.4 Å². The van der Waals surface area contributed by atoms with Crippen molar-refractivity contribution in [1.82, 2.24) is 10.3 Å². The van der Waals surface area contributed by atoms with E-state index in [1.165, 1.54) is 31.3 Å². The van der Waals surface area contributed by atoms with Crippen LogP contribution in [0.2, 0.25) is 0 Å². The minimum Gasteiger partial charge on any atom is -0.483 e. The summed E-state index contributed by atoms with van der Waals surface area (Å²) in [5.41, 5.74) is 1.29. The van der Waals surface area contributed by atoms with E-state index >= 15 is 0 Å². The molecule has 1 unspecified atom stereocenters. The highest BCUT2D eigenvalue weighted by atomic mass is 32.2. The summed E-state index contributed by atoms with van der Waals surface area (Å²) >= 11 is 0. The van der Waals surface area contributed by atoms with Crippen LogP contribution in [-0.2, 0) is 46.8 Å². The molecule has 1 aromatic heterocycles. The number of aryl methyl sites for hydroxylation is 2. The van der Waals surface area contributed by atoms with E-state index in [9.17, 15) is 37.5 Å². The minimum atomic E-state index is -3.70. The first-order valence-corrected chi connectivity index (χ1v) is 22.6. The van der Waals surface area contributed by atoms with Crippen LogP contribution < -0.4 is 25.6 Å². The van der Waals surface area contributed by atoms with Crippen LogP contribution in [0.5, 0.6) is 5.75 Å². The molecule has 4 N–H and O–H groups in total. The number of carboxylic acids is 1. The normalized spacial score (nSPS) is 12.1. The number of hydrogen-bond donors (Lipinski definition) is 4. The molecule has 0 spiro atoms. The van der Waals surface area contributed by atoms with Gasteiger partial charge in [0.1, 0.15) is 23.6 Å². The zero-order valence-electron chi connectivity index (χ0n) is 38.3. The summed E-state index contributed by atoms with van der Waals surface area (Å²) in [5.74, 6) is -1.62. The summed E-state index contributed by atoms with van der Waals surface area (Å²) in [4.78, 5) is 70.2. The SMILES string of the molecule is CCS(=O)(=O)c1ccc(NC(=O)COc2c(C)cc(C(Nc3ccc4c(N(C(=O)OC(C)(C)C)C(=O)OC(C)(C)C)nccc4c3)C(=O)O)cc2C)cc1CNC(=O)OCc1ccccc1. The molecule has 17 nitrogen and oxygen atoms in total. The molecular weight excluding hydrogens is 871 g/mol. The van der Waals surface area contributed by atoms with Crippen LogP contribution in [0.4, 0.5) is 31.6 Å². The third-order valence-electron chi connectivity index (χ3n) is 9.52. The molecule has 66 heavy (non-hydrogen) atoms. The molecule has 18 heteroatoms. The van der Waals surface area contributed by atoms with E-state index in [0.29, 0.717) is 38.9 Å². The van der Waals surface area contributed by atoms with Crippen molar-refractivity contribution in [3.8, 4) is 5.75 Å². The molecule has 0 radical (unpaired) electrons. The largest absolute Gasteiger partial charge is 0.483 e. The van der Waals surface area contributed by atoms with Gasteiger partial charge in [0.15, 0.2) is 28.3 Å². The number of imide groups is 1. The second-order valence-electron chi connectivity index (χ2n) is 17.2. The fourth-order valence-electron chi connectivity index (χ4n) is 6.66. The highest BCUT2D eigenvalue weighted by Crippen LogP contribution is 2.33. The first-order chi connectivity index (χ1) is 30.9. The number of alkyl carbamates (subject to hydrolysis) is 1. The maximum atomic E-state index is 13.4. The second kappa shape index (κ2) is 20.7. The van der Waals surface area contributed by atoms with E-state index in [1.54, 1.807) is 104 Å². The number of carbonyl (C=O) groups is 5. The average Bonchev–Trinajstić information content (AvgIpc) is 3.22. The van der Waals surface area contributed by atoms with Crippen molar-refractivity contribution in [1.29, 1.82) is 0 Å². The van der Waals surface area contributed by atoms with Gasteiger partial charge in [-0.3, -0.25) is 4.79 Å². The van der Waals surface area contributed by atoms with Crippen LogP contribution >= 0.6 is 0 Å². The minimum absolute atomic E-state index is 0.00270. The lowest BCUT2D eigenvalue weighted by Gasteiger charge is -2.28. The molecule has 4 amide bonds. The van der Waals surface area contributed by atoms with Crippen molar-refractivity contribution in [2.75, 3.05) is 27.9 Å². The number of carbonyl (C=O) groups excluding carboxylic acids is 4. The number of anilines is 3. The molecule has 0 aliphatic heterocycles. The van der Waals surface area contributed by atoms with E-state index in [0.717, 1.165) is 10.5 Å². The Labute approximate surface area is 383 Å². The number of sulfone groups is 1. The fourth-order valence-corrected chi connectivity index (χ4v) is 7.77. The molecule has 0 saturated carbocycles. The second-order valence-corrected chi connectivity index (χ2v) is 19.5. The van der Waals surface area contributed by atoms with Gasteiger partial charge < -0.3 is 40.0 Å². The Kier molecular flexibility index (Phi) is 15.7. The van der Waals surface area contributed by atoms with E-state index in [-0.39, 0.29) is 40.9 Å². The van der Waals surface area contributed by atoms with E-state index in [1.807, 2.05) is 18.2 Å². The molecule has 0 saturated heterocycles. The molecule has 0 aliphatic rings. The number of benzene rings is 4. The first-order valence-electron chi connectivity index (χ1n) is 20.9. The molecule has 1 heterocycles. The Morgan fingerprint density at radius 2 is 1.42 bits per heavy atom. The van der Waals surface area contributed by atoms with Gasteiger partial charge in [0.25, 0.3) is 5.91 Å². The average molecular weight is 926 g/mol. The Hall–Kier alpha value is -7.21. The first kappa shape index (κ1) is 49.8. The van der Waals surface area contributed by atoms with Crippen molar-refractivity contribution >= 4 is 68.0 Å². The predicted molar refractivity (Wildman–Crippen MR) is 248 cm³/mol. The molecule has 1 atom stereocenters. The van der Waals surface area contributed by atoms with Gasteiger partial charge in [-0.25, -0.2) is 32.6 Å². The number of pyridine rings is 1. The maximum Gasteiger partial charge on any atom is 0.425 e. The summed E-state index contributed by atoms with van der Waals surface area (Å²) in [7, 11) is -3.70. The summed E-state index contributed by atoms with van der Waals surface area (Å²) in [6, 6.07) is 21.8. The number of fused-ring (bicyclic) bond motifs is 1. The van der Waals surface area contributed by atoms with Gasteiger partial charge >= 0.3 is 24.2 Å². The molecule has 0 aliphatic carbocycles. The number of hydrogen-bond acceptors (Lipinski definition) is 13. The van der Waals surface area contributed by atoms with Crippen molar-refractivity contribution in [3.05, 3.63) is 119 Å². The number of nitrogens with one attached hydrogen (secondary N) is 3. The number of amides is 4. The predicted octanol–water partition coefficient (Wildman–Crippen LogP) is 9.00. The third kappa shape index (κ3) is 13.4. The fraction of sp³-hybridized carbons (Fsp3) is 0.333. The standard InChI is InChI=1S/C48H55N5O12S/c1-10-66(60,61)38-19-17-35(25-34(38)26-50-44(57)63-27-31-14-12-11-13-15-31)51-39(54)28-62-41-29(2)22-33(23-30(41)3)40(43(55)56)52-36-16-18-37-32(24-36)20-21-49-42(37)53(45(58)64-47(4,5)6)46(59)65-48(7,8)9/h11-25,40,52H,10,26-28H2,1-9H3,(H,50,57)(H,51,54)(H,55,56). The molecule has 350 valence electrons. The van der Waals surface area contributed by atoms with Crippen LogP contribution in [0.25, 0.3) is 10.8 Å². The Balaban J connectivity index is 1.29. The van der Waals surface area contributed by atoms with Crippen LogP contribution in [0.3, 0.4) is 0 Å². The van der Waals surface area contributed by atoms with E-state index in [2.05, 4.69) is 20.9 Å². The quantitative estimate of drug-likeness (QED) is 0.0719. The zero-order chi connectivity index (χ0) is 48.6. The van der Waals surface area contributed by atoms with E-state index in [4.69, 9.17) is 18.9 Å². The van der Waals surface area contributed by atoms with Gasteiger partial charge in [-0.1, -0.05) is 37.3 Å². The summed E-state index contributed by atoms with van der Waals surface area (Å²) in [5, 5.41) is 19.6. The van der Waals surface area contributed by atoms with Gasteiger partial charge in [0.05, 0.1) is 10.6 Å². The van der Waals surface area contributed by atoms with E-state index < -0.39 is 63.8 Å². The number of carboxylic acid groups (broad SMARTS) is 1. The molecule has 0 fully saturated rings. The van der Waals surface area contributed by atoms with Crippen molar-refractivity contribution in [3.63, 3.8) is 0 Å². The lowest BCUT2D eigenvalue weighted by molar-refractivity contribution is -0.138. The van der Waals surface area contributed by atoms with Gasteiger partial charge in [-0.15, -0.1) is 0 Å². The maximum absolute atomic E-state index is 13.4. The Morgan fingerprint density at radius 1 is 0.803 bits per heavy atom.